The normalized spacial score (nSPS) is 11.4. The highest BCUT2D eigenvalue weighted by molar-refractivity contribution is 7.10. The van der Waals surface area contributed by atoms with E-state index in [-0.39, 0.29) is 6.61 Å². The van der Waals surface area contributed by atoms with Gasteiger partial charge in [-0.2, -0.15) is 5.10 Å². The molecule has 0 saturated heterocycles. The lowest BCUT2D eigenvalue weighted by Crippen LogP contribution is -2.08. The van der Waals surface area contributed by atoms with Gasteiger partial charge in [0.05, 0.1) is 18.9 Å². The average molecular weight is 250 g/mol. The molecule has 0 aromatic carbocycles. The van der Waals surface area contributed by atoms with Crippen LogP contribution in [0.5, 0.6) is 0 Å². The molecule has 0 aliphatic heterocycles. The number of aliphatic hydroxyl groups excluding tert-OH is 1. The quantitative estimate of drug-likeness (QED) is 0.798. The molecule has 0 aliphatic rings. The first-order chi connectivity index (χ1) is 8.40. The third-order valence-corrected chi connectivity index (χ3v) is 3.00. The van der Waals surface area contributed by atoms with E-state index in [2.05, 4.69) is 11.2 Å². The number of hydrogen-bond donors (Lipinski definition) is 1. The molecule has 0 radical (unpaired) electrons. The van der Waals surface area contributed by atoms with Crippen LogP contribution in [0.3, 0.4) is 0 Å². The summed E-state index contributed by atoms with van der Waals surface area (Å²) in [5.74, 6) is 0. The molecule has 2 aromatic heterocycles. The average Bonchev–Trinajstić information content (AvgIpc) is 2.97. The second-order valence-corrected chi connectivity index (χ2v) is 4.34. The van der Waals surface area contributed by atoms with Gasteiger partial charge in [-0.1, -0.05) is 6.07 Å². The fourth-order valence-corrected chi connectivity index (χ4v) is 1.98. The van der Waals surface area contributed by atoms with Crippen LogP contribution in [0.15, 0.2) is 29.8 Å². The number of nitrogens with zero attached hydrogens (tertiary/aromatic N) is 2. The van der Waals surface area contributed by atoms with Gasteiger partial charge in [-0.05, 0) is 29.7 Å². The molecule has 0 saturated carbocycles. The molecule has 1 N–H and O–H groups in total. The molecule has 2 heterocycles. The van der Waals surface area contributed by atoms with Crippen molar-refractivity contribution >= 4 is 23.5 Å². The molecular formula is C12H14N2O2S. The summed E-state index contributed by atoms with van der Waals surface area (Å²) in [6.45, 7) is 0.716. The first-order valence-corrected chi connectivity index (χ1v) is 6.20. The van der Waals surface area contributed by atoms with E-state index in [1.165, 1.54) is 4.88 Å². The summed E-state index contributed by atoms with van der Waals surface area (Å²) in [6, 6.07) is 6.00. The Bertz CT molecular complexity index is 463. The monoisotopic (exact) mass is 250 g/mol. The number of thiophene rings is 1. The second kappa shape index (κ2) is 6.34. The van der Waals surface area contributed by atoms with Crippen molar-refractivity contribution in [1.29, 1.82) is 0 Å². The Kier molecular flexibility index (Phi) is 4.49. The highest BCUT2D eigenvalue weighted by Gasteiger charge is 1.98. The molecule has 0 aliphatic carbocycles. The van der Waals surface area contributed by atoms with E-state index in [1.54, 1.807) is 22.2 Å². The molecule has 4 nitrogen and oxygen atoms in total. The molecule has 0 atom stereocenters. The van der Waals surface area contributed by atoms with Crippen molar-refractivity contribution in [3.05, 3.63) is 40.3 Å². The van der Waals surface area contributed by atoms with Crippen molar-refractivity contribution in [2.45, 2.75) is 6.73 Å². The minimum atomic E-state index is 0.0294. The summed E-state index contributed by atoms with van der Waals surface area (Å²) in [7, 11) is 0. The summed E-state index contributed by atoms with van der Waals surface area (Å²) in [6.07, 6.45) is 5.78. The molecule has 2 rings (SSSR count). The molecule has 5 heteroatoms. The third-order valence-electron chi connectivity index (χ3n) is 2.16. The van der Waals surface area contributed by atoms with Crippen LogP contribution in [0, 0.1) is 0 Å². The lowest BCUT2D eigenvalue weighted by molar-refractivity contribution is 0.0416. The highest BCUT2D eigenvalue weighted by Crippen LogP contribution is 2.13. The van der Waals surface area contributed by atoms with Gasteiger partial charge in [-0.3, -0.25) is 0 Å². The van der Waals surface area contributed by atoms with Crippen LogP contribution in [-0.2, 0) is 11.5 Å². The second-order valence-electron chi connectivity index (χ2n) is 3.37. The van der Waals surface area contributed by atoms with Gasteiger partial charge in [0.1, 0.15) is 6.73 Å². The summed E-state index contributed by atoms with van der Waals surface area (Å²) in [5.41, 5.74) is 0.983. The molecular weight excluding hydrogens is 236 g/mol. The van der Waals surface area contributed by atoms with Gasteiger partial charge < -0.3 is 9.84 Å². The van der Waals surface area contributed by atoms with Crippen molar-refractivity contribution in [2.24, 2.45) is 0 Å². The van der Waals surface area contributed by atoms with Crippen molar-refractivity contribution in [3.63, 3.8) is 0 Å². The zero-order chi connectivity index (χ0) is 11.9. The van der Waals surface area contributed by atoms with Gasteiger partial charge in [-0.15, -0.1) is 11.3 Å². The van der Waals surface area contributed by atoms with Crippen LogP contribution in [0.1, 0.15) is 10.6 Å². The summed E-state index contributed by atoms with van der Waals surface area (Å²) in [5, 5.41) is 14.8. The zero-order valence-electron chi connectivity index (χ0n) is 9.32. The first kappa shape index (κ1) is 12.0. The Morgan fingerprint density at radius 3 is 3.12 bits per heavy atom. The van der Waals surface area contributed by atoms with Gasteiger partial charge in [0.25, 0.3) is 0 Å². The van der Waals surface area contributed by atoms with Crippen LogP contribution in [0.25, 0.3) is 12.2 Å². The third kappa shape index (κ3) is 3.52. The van der Waals surface area contributed by atoms with Gasteiger partial charge >= 0.3 is 0 Å². The smallest absolute Gasteiger partial charge is 0.140 e. The molecule has 0 spiro atoms. The van der Waals surface area contributed by atoms with Crippen molar-refractivity contribution in [1.82, 2.24) is 9.78 Å². The van der Waals surface area contributed by atoms with E-state index in [4.69, 9.17) is 9.84 Å². The molecule has 0 fully saturated rings. The van der Waals surface area contributed by atoms with E-state index in [0.29, 0.717) is 13.3 Å². The standard InChI is InChI=1S/C12H14N2O2S/c15-7-8-16-10-14-11(5-6-13-14)3-4-12-2-1-9-17-12/h1-6,9,15H,7-8,10H2/b4-3+. The van der Waals surface area contributed by atoms with E-state index >= 15 is 0 Å². The SMILES string of the molecule is OCCOCn1nccc1/C=C/c1cccs1. The summed E-state index contributed by atoms with van der Waals surface area (Å²) in [4.78, 5) is 1.20. The maximum atomic E-state index is 8.63. The minimum absolute atomic E-state index is 0.0294. The van der Waals surface area contributed by atoms with E-state index in [0.717, 1.165) is 5.69 Å². The van der Waals surface area contributed by atoms with Gasteiger partial charge in [-0.25, -0.2) is 4.68 Å². The number of rotatable bonds is 6. The predicted molar refractivity (Wildman–Crippen MR) is 68.5 cm³/mol. The molecule has 90 valence electrons. The lowest BCUT2D eigenvalue weighted by atomic mass is 10.3. The number of ether oxygens (including phenoxy) is 1. The fourth-order valence-electron chi connectivity index (χ4n) is 1.36. The van der Waals surface area contributed by atoms with Gasteiger partial charge in [0.2, 0.25) is 0 Å². The van der Waals surface area contributed by atoms with E-state index in [9.17, 15) is 0 Å². The van der Waals surface area contributed by atoms with E-state index in [1.807, 2.05) is 29.7 Å². The Morgan fingerprint density at radius 1 is 1.41 bits per heavy atom. The van der Waals surface area contributed by atoms with Crippen molar-refractivity contribution in [2.75, 3.05) is 13.2 Å². The summed E-state index contributed by atoms with van der Waals surface area (Å²) < 4.78 is 6.97. The Labute approximate surface area is 104 Å². The lowest BCUT2D eigenvalue weighted by Gasteiger charge is -2.04. The zero-order valence-corrected chi connectivity index (χ0v) is 10.1. The van der Waals surface area contributed by atoms with Gasteiger partial charge in [0.15, 0.2) is 0 Å². The molecule has 2 aromatic rings. The van der Waals surface area contributed by atoms with Crippen LogP contribution in [-0.4, -0.2) is 28.1 Å². The van der Waals surface area contributed by atoms with Gasteiger partial charge in [0, 0.05) is 11.1 Å². The number of hydrogen-bond acceptors (Lipinski definition) is 4. The Balaban J connectivity index is 1.98. The fraction of sp³-hybridized carbons (Fsp3) is 0.250. The molecule has 0 amide bonds. The predicted octanol–water partition coefficient (Wildman–Crippen LogP) is 2.08. The number of aromatic nitrogens is 2. The Hall–Kier alpha value is -1.43. The van der Waals surface area contributed by atoms with E-state index < -0.39 is 0 Å². The largest absolute Gasteiger partial charge is 0.394 e. The summed E-state index contributed by atoms with van der Waals surface area (Å²) >= 11 is 1.69. The first-order valence-electron chi connectivity index (χ1n) is 5.32. The highest BCUT2D eigenvalue weighted by atomic mass is 32.1. The van der Waals surface area contributed by atoms with Crippen LogP contribution in [0.4, 0.5) is 0 Å². The van der Waals surface area contributed by atoms with Crippen molar-refractivity contribution in [3.8, 4) is 0 Å². The Morgan fingerprint density at radius 2 is 2.35 bits per heavy atom. The van der Waals surface area contributed by atoms with Crippen LogP contribution < -0.4 is 0 Å². The number of aliphatic hydroxyl groups is 1. The maximum absolute atomic E-state index is 8.63. The molecule has 17 heavy (non-hydrogen) atoms. The molecule has 0 bridgehead atoms. The minimum Gasteiger partial charge on any atom is -0.394 e. The van der Waals surface area contributed by atoms with Crippen LogP contribution >= 0.6 is 11.3 Å². The molecule has 0 unspecified atom stereocenters. The van der Waals surface area contributed by atoms with Crippen molar-refractivity contribution < 1.29 is 9.84 Å². The topological polar surface area (TPSA) is 47.3 Å². The van der Waals surface area contributed by atoms with Crippen LogP contribution in [0.2, 0.25) is 0 Å². The maximum Gasteiger partial charge on any atom is 0.140 e.